The van der Waals surface area contributed by atoms with Gasteiger partial charge in [0.2, 0.25) is 5.91 Å². The summed E-state index contributed by atoms with van der Waals surface area (Å²) in [6.45, 7) is 4.01. The number of thioether (sulfide) groups is 1. The number of β-lactam (4-membered cyclic amide) rings is 1. The molecule has 2 aliphatic rings. The largest absolute Gasteiger partial charge is 0.456 e. The summed E-state index contributed by atoms with van der Waals surface area (Å²) in [5.41, 5.74) is 1.00. The average molecular weight is 376 g/mol. The number of carbonyl (C=O) groups is 2. The highest BCUT2D eigenvalue weighted by molar-refractivity contribution is 8.04. The Morgan fingerprint density at radius 1 is 1.31 bits per heavy atom. The summed E-state index contributed by atoms with van der Waals surface area (Å²) < 4.78 is 5.37. The lowest BCUT2D eigenvalue weighted by Crippen LogP contribution is -2.57. The minimum Gasteiger partial charge on any atom is -0.456 e. The fourth-order valence-corrected chi connectivity index (χ4v) is 4.69. The van der Waals surface area contributed by atoms with E-state index in [1.54, 1.807) is 28.8 Å². The van der Waals surface area contributed by atoms with E-state index in [1.165, 1.54) is 12.1 Å². The van der Waals surface area contributed by atoms with E-state index in [0.29, 0.717) is 17.7 Å². The van der Waals surface area contributed by atoms with E-state index < -0.39 is 10.9 Å². The van der Waals surface area contributed by atoms with E-state index in [1.807, 2.05) is 13.8 Å². The number of nitrogens with zero attached hydrogens (tertiary/aromatic N) is 2. The quantitative estimate of drug-likeness (QED) is 0.313. The molecule has 2 aliphatic heterocycles. The summed E-state index contributed by atoms with van der Waals surface area (Å²) in [7, 11) is 0. The van der Waals surface area contributed by atoms with Gasteiger partial charge >= 0.3 is 5.97 Å². The molecule has 0 aromatic heterocycles. The topological polar surface area (TPSA) is 89.8 Å². The first-order valence-electron chi connectivity index (χ1n) is 8.61. The molecule has 2 heterocycles. The normalized spacial score (nSPS) is 21.5. The first kappa shape index (κ1) is 18.4. The molecule has 1 aromatic carbocycles. The van der Waals surface area contributed by atoms with Crippen LogP contribution in [0.3, 0.4) is 0 Å². The van der Waals surface area contributed by atoms with E-state index >= 15 is 0 Å². The van der Waals surface area contributed by atoms with Gasteiger partial charge in [0.25, 0.3) is 5.69 Å². The van der Waals surface area contributed by atoms with Crippen molar-refractivity contribution in [1.82, 2.24) is 4.90 Å². The zero-order valence-electron chi connectivity index (χ0n) is 14.6. The van der Waals surface area contributed by atoms with Crippen molar-refractivity contribution in [3.63, 3.8) is 0 Å². The highest BCUT2D eigenvalue weighted by atomic mass is 32.2. The maximum Gasteiger partial charge on any atom is 0.356 e. The Balaban J connectivity index is 1.67. The molecule has 0 radical (unpaired) electrons. The van der Waals surface area contributed by atoms with E-state index in [9.17, 15) is 19.7 Å². The maximum atomic E-state index is 12.6. The number of rotatable bonds is 7. The van der Waals surface area contributed by atoms with Gasteiger partial charge in [-0.3, -0.25) is 19.8 Å². The number of amides is 1. The summed E-state index contributed by atoms with van der Waals surface area (Å²) in [6, 6.07) is 5.85. The first-order valence-corrected chi connectivity index (χ1v) is 9.49. The van der Waals surface area contributed by atoms with E-state index in [-0.39, 0.29) is 29.5 Å². The lowest BCUT2D eigenvalue weighted by molar-refractivity contribution is -0.384. The number of hydrogen-bond donors (Lipinski definition) is 0. The number of ether oxygens (including phenoxy) is 1. The molecule has 0 unspecified atom stereocenters. The molecule has 2 atom stereocenters. The fraction of sp³-hybridized carbons (Fsp3) is 0.444. The molecule has 8 heteroatoms. The van der Waals surface area contributed by atoms with Gasteiger partial charge in [0, 0.05) is 17.0 Å². The number of carbonyl (C=O) groups excluding carboxylic acids is 2. The van der Waals surface area contributed by atoms with Crippen LogP contribution in [-0.4, -0.2) is 27.1 Å². The number of nitro groups is 1. The summed E-state index contributed by atoms with van der Waals surface area (Å²) in [5.74, 6) is -0.542. The molecule has 26 heavy (non-hydrogen) atoms. The predicted octanol–water partition coefficient (Wildman–Crippen LogP) is 3.59. The fourth-order valence-electron chi connectivity index (χ4n) is 3.20. The van der Waals surface area contributed by atoms with Crippen molar-refractivity contribution in [1.29, 1.82) is 0 Å². The van der Waals surface area contributed by atoms with Crippen LogP contribution in [0.2, 0.25) is 0 Å². The molecule has 0 bridgehead atoms. The molecule has 1 saturated heterocycles. The molecule has 1 aromatic rings. The van der Waals surface area contributed by atoms with Gasteiger partial charge in [-0.15, -0.1) is 11.8 Å². The Morgan fingerprint density at radius 2 is 2.00 bits per heavy atom. The Morgan fingerprint density at radius 3 is 2.58 bits per heavy atom. The van der Waals surface area contributed by atoms with Crippen LogP contribution in [0.5, 0.6) is 0 Å². The van der Waals surface area contributed by atoms with E-state index in [4.69, 9.17) is 4.74 Å². The summed E-state index contributed by atoms with van der Waals surface area (Å²) in [4.78, 5) is 37.6. The van der Waals surface area contributed by atoms with Gasteiger partial charge in [-0.1, -0.05) is 20.3 Å². The third-order valence-corrected chi connectivity index (χ3v) is 6.10. The van der Waals surface area contributed by atoms with Crippen LogP contribution in [0.25, 0.3) is 0 Å². The van der Waals surface area contributed by atoms with Crippen LogP contribution in [0.4, 0.5) is 5.69 Å². The van der Waals surface area contributed by atoms with Crippen LogP contribution in [0.1, 0.15) is 38.7 Å². The Hall–Kier alpha value is -2.35. The third kappa shape index (κ3) is 3.21. The minimum atomic E-state index is -0.515. The first-order chi connectivity index (χ1) is 12.5. The molecule has 3 rings (SSSR count). The van der Waals surface area contributed by atoms with Crippen molar-refractivity contribution in [3.8, 4) is 0 Å². The molecular formula is C18H20N2O5S. The second-order valence-electron chi connectivity index (χ2n) is 6.24. The number of nitro benzene ring substituents is 1. The van der Waals surface area contributed by atoms with Crippen LogP contribution in [0.15, 0.2) is 34.9 Å². The lowest BCUT2D eigenvalue weighted by Gasteiger charge is -2.42. The Kier molecular flexibility index (Phi) is 5.31. The molecule has 0 N–H and O–H groups in total. The second-order valence-corrected chi connectivity index (χ2v) is 7.45. The molecule has 0 aliphatic carbocycles. The van der Waals surface area contributed by atoms with Crippen molar-refractivity contribution in [2.45, 2.75) is 45.1 Å². The summed E-state index contributed by atoms with van der Waals surface area (Å²) in [5, 5.41) is 10.7. The third-order valence-electron chi connectivity index (χ3n) is 4.55. The van der Waals surface area contributed by atoms with Crippen molar-refractivity contribution < 1.29 is 19.2 Å². The van der Waals surface area contributed by atoms with Gasteiger partial charge in [0.1, 0.15) is 12.3 Å². The summed E-state index contributed by atoms with van der Waals surface area (Å²) >= 11 is 1.58. The number of fused-ring (bicyclic) bond motifs is 1. The van der Waals surface area contributed by atoms with Gasteiger partial charge < -0.3 is 4.74 Å². The number of benzene rings is 1. The number of esters is 1. The smallest absolute Gasteiger partial charge is 0.356 e. The predicted molar refractivity (Wildman–Crippen MR) is 96.8 cm³/mol. The van der Waals surface area contributed by atoms with Crippen LogP contribution < -0.4 is 0 Å². The summed E-state index contributed by atoms with van der Waals surface area (Å²) in [6.07, 6.45) is 2.43. The van der Waals surface area contributed by atoms with Crippen molar-refractivity contribution in [2.24, 2.45) is 5.92 Å². The molecule has 7 nitrogen and oxygen atoms in total. The maximum absolute atomic E-state index is 12.6. The second kappa shape index (κ2) is 7.49. The Labute approximate surface area is 155 Å². The Bertz CT molecular complexity index is 774. The zero-order chi connectivity index (χ0) is 18.8. The monoisotopic (exact) mass is 376 g/mol. The van der Waals surface area contributed by atoms with Crippen LogP contribution in [0, 0.1) is 16.0 Å². The number of allylic oxidation sites excluding steroid dienone is 1. The number of non-ortho nitro benzene ring substituents is 1. The highest BCUT2D eigenvalue weighted by Gasteiger charge is 2.55. The van der Waals surface area contributed by atoms with E-state index in [0.717, 1.165) is 17.7 Å². The van der Waals surface area contributed by atoms with E-state index in [2.05, 4.69) is 0 Å². The van der Waals surface area contributed by atoms with Gasteiger partial charge in [-0.05, 0) is 30.5 Å². The van der Waals surface area contributed by atoms with Gasteiger partial charge in [-0.25, -0.2) is 4.79 Å². The van der Waals surface area contributed by atoms with Crippen LogP contribution >= 0.6 is 11.8 Å². The molecule has 138 valence electrons. The number of hydrogen-bond acceptors (Lipinski definition) is 6. The van der Waals surface area contributed by atoms with Gasteiger partial charge in [0.05, 0.1) is 16.2 Å². The zero-order valence-corrected chi connectivity index (χ0v) is 15.5. The molecular weight excluding hydrogens is 356 g/mol. The van der Waals surface area contributed by atoms with Gasteiger partial charge in [0.15, 0.2) is 0 Å². The lowest BCUT2D eigenvalue weighted by atomic mass is 9.92. The minimum absolute atomic E-state index is 0.00455. The van der Waals surface area contributed by atoms with Crippen LogP contribution in [-0.2, 0) is 20.9 Å². The molecule has 0 saturated carbocycles. The highest BCUT2D eigenvalue weighted by Crippen LogP contribution is 2.51. The van der Waals surface area contributed by atoms with Gasteiger partial charge in [-0.2, -0.15) is 0 Å². The molecule has 0 spiro atoms. The molecule has 1 fully saturated rings. The van der Waals surface area contributed by atoms with Crippen molar-refractivity contribution in [3.05, 3.63) is 50.5 Å². The van der Waals surface area contributed by atoms with Crippen molar-refractivity contribution in [2.75, 3.05) is 0 Å². The van der Waals surface area contributed by atoms with Crippen molar-refractivity contribution >= 4 is 29.3 Å². The average Bonchev–Trinajstić information content (AvgIpc) is 2.99. The SMILES string of the molecule is CCC[C@H]1C(=O)N2C(C(=O)OCc3ccc([N+](=O)[O-])cc3)=C(CC)S[C@H]12. The molecule has 1 amide bonds. The standard InChI is InChI=1S/C18H20N2O5S/c1-3-5-13-16(21)19-15(14(4-2)26-17(13)19)18(22)25-10-11-6-8-12(9-7-11)20(23)24/h6-9,13,17H,3-5,10H2,1-2H3/t13-,17+/m0/s1.